The Balaban J connectivity index is 2.33. The first-order valence-corrected chi connectivity index (χ1v) is 6.64. The monoisotopic (exact) mass is 236 g/mol. The third-order valence-corrected chi connectivity index (χ3v) is 3.11. The van der Waals surface area contributed by atoms with Crippen LogP contribution in [-0.4, -0.2) is 0 Å². The van der Waals surface area contributed by atoms with Gasteiger partial charge in [-0.05, 0) is 41.7 Å². The van der Waals surface area contributed by atoms with Crippen LogP contribution in [0, 0.1) is 6.92 Å². The summed E-state index contributed by atoms with van der Waals surface area (Å²) in [7, 11) is 0. The van der Waals surface area contributed by atoms with Crippen LogP contribution in [-0.2, 0) is 0 Å². The molecule has 0 unspecified atom stereocenters. The largest absolute Gasteiger partial charge is 0.0840 e. The second-order valence-electron chi connectivity index (χ2n) is 4.63. The molecule has 0 radical (unpaired) electrons. The van der Waals surface area contributed by atoms with Crippen molar-refractivity contribution in [3.63, 3.8) is 0 Å². The highest BCUT2D eigenvalue weighted by Gasteiger charge is 2.01. The molecule has 0 atom stereocenters. The molecule has 0 aliphatic carbocycles. The third kappa shape index (κ3) is 3.10. The minimum absolute atomic E-state index is 1.15. The predicted molar refractivity (Wildman–Crippen MR) is 80.6 cm³/mol. The summed E-state index contributed by atoms with van der Waals surface area (Å²) in [5.74, 6) is 0. The minimum Gasteiger partial charge on any atom is -0.0840 e. The fraction of sp³-hybridized carbons (Fsp3) is 0.222. The normalized spacial score (nSPS) is 11.0. The molecule has 0 saturated carbocycles. The quantitative estimate of drug-likeness (QED) is 0.659. The molecular weight excluding hydrogens is 216 g/mol. The van der Waals surface area contributed by atoms with E-state index in [1.165, 1.54) is 28.7 Å². The van der Waals surface area contributed by atoms with Gasteiger partial charge in [0.2, 0.25) is 0 Å². The van der Waals surface area contributed by atoms with Gasteiger partial charge in [-0.1, -0.05) is 68.0 Å². The van der Waals surface area contributed by atoms with E-state index in [2.05, 4.69) is 74.5 Å². The predicted octanol–water partition coefficient (Wildman–Crippen LogP) is 5.48. The summed E-state index contributed by atoms with van der Waals surface area (Å²) in [5.41, 5.74) is 5.23. The lowest BCUT2D eigenvalue weighted by molar-refractivity contribution is 0.962. The van der Waals surface area contributed by atoms with Gasteiger partial charge in [-0.25, -0.2) is 0 Å². The Labute approximate surface area is 110 Å². The number of rotatable bonds is 4. The van der Waals surface area contributed by atoms with Crippen molar-refractivity contribution in [3.8, 4) is 11.1 Å². The SMILES string of the molecule is CCCC=Cc1ccc(C)c(-c2ccccc2)c1. The average Bonchev–Trinajstić information content (AvgIpc) is 2.42. The summed E-state index contributed by atoms with van der Waals surface area (Å²) in [6.07, 6.45) is 6.82. The second-order valence-corrected chi connectivity index (χ2v) is 4.63. The number of benzene rings is 2. The van der Waals surface area contributed by atoms with E-state index in [0.29, 0.717) is 0 Å². The topological polar surface area (TPSA) is 0 Å². The van der Waals surface area contributed by atoms with Gasteiger partial charge in [0, 0.05) is 0 Å². The maximum atomic E-state index is 2.27. The van der Waals surface area contributed by atoms with Crippen LogP contribution in [0.1, 0.15) is 30.9 Å². The molecule has 0 aromatic heterocycles. The number of allylic oxidation sites excluding steroid dienone is 1. The fourth-order valence-corrected chi connectivity index (χ4v) is 2.06. The maximum Gasteiger partial charge on any atom is -0.0149 e. The van der Waals surface area contributed by atoms with Gasteiger partial charge in [-0.2, -0.15) is 0 Å². The summed E-state index contributed by atoms with van der Waals surface area (Å²) < 4.78 is 0. The van der Waals surface area contributed by atoms with Crippen LogP contribution in [0.15, 0.2) is 54.6 Å². The highest BCUT2D eigenvalue weighted by Crippen LogP contribution is 2.24. The Morgan fingerprint density at radius 3 is 2.50 bits per heavy atom. The highest BCUT2D eigenvalue weighted by molar-refractivity contribution is 5.70. The lowest BCUT2D eigenvalue weighted by atomic mass is 9.98. The van der Waals surface area contributed by atoms with Crippen molar-refractivity contribution >= 4 is 6.08 Å². The second kappa shape index (κ2) is 6.20. The summed E-state index contributed by atoms with van der Waals surface area (Å²) in [6.45, 7) is 4.37. The van der Waals surface area contributed by atoms with Gasteiger partial charge >= 0.3 is 0 Å². The van der Waals surface area contributed by atoms with Crippen LogP contribution >= 0.6 is 0 Å². The number of unbranched alkanes of at least 4 members (excludes halogenated alkanes) is 1. The number of hydrogen-bond acceptors (Lipinski definition) is 0. The van der Waals surface area contributed by atoms with E-state index in [1.807, 2.05) is 0 Å². The molecule has 18 heavy (non-hydrogen) atoms. The summed E-state index contributed by atoms with van der Waals surface area (Å²) in [6, 6.07) is 17.2. The molecule has 2 aromatic rings. The molecule has 0 heterocycles. The molecule has 0 N–H and O–H groups in total. The average molecular weight is 236 g/mol. The Bertz CT molecular complexity index is 521. The standard InChI is InChI=1S/C18H20/c1-3-4-6-9-16-13-12-15(2)18(14-16)17-10-7-5-8-11-17/h5-14H,3-4H2,1-2H3. The van der Waals surface area contributed by atoms with E-state index in [1.54, 1.807) is 0 Å². The van der Waals surface area contributed by atoms with E-state index in [9.17, 15) is 0 Å². The van der Waals surface area contributed by atoms with Gasteiger partial charge in [0.15, 0.2) is 0 Å². The Kier molecular flexibility index (Phi) is 4.35. The zero-order valence-electron chi connectivity index (χ0n) is 11.2. The Hall–Kier alpha value is -1.82. The van der Waals surface area contributed by atoms with E-state index in [-0.39, 0.29) is 0 Å². The third-order valence-electron chi connectivity index (χ3n) is 3.11. The molecule has 0 bridgehead atoms. The van der Waals surface area contributed by atoms with Crippen molar-refractivity contribution in [1.82, 2.24) is 0 Å². The van der Waals surface area contributed by atoms with Gasteiger partial charge in [0.1, 0.15) is 0 Å². The maximum absolute atomic E-state index is 2.27. The molecule has 2 aromatic carbocycles. The summed E-state index contributed by atoms with van der Waals surface area (Å²) in [5, 5.41) is 0. The molecule has 0 saturated heterocycles. The van der Waals surface area contributed by atoms with Gasteiger partial charge in [-0.3, -0.25) is 0 Å². The Morgan fingerprint density at radius 2 is 1.78 bits per heavy atom. The van der Waals surface area contributed by atoms with Crippen LogP contribution in [0.3, 0.4) is 0 Å². The molecule has 2 rings (SSSR count). The van der Waals surface area contributed by atoms with Gasteiger partial charge in [-0.15, -0.1) is 0 Å². The molecule has 0 fully saturated rings. The summed E-state index contributed by atoms with van der Waals surface area (Å²) >= 11 is 0. The van der Waals surface area contributed by atoms with Crippen LogP contribution in [0.5, 0.6) is 0 Å². The lowest BCUT2D eigenvalue weighted by Crippen LogP contribution is -1.84. The van der Waals surface area contributed by atoms with E-state index >= 15 is 0 Å². The molecule has 0 heteroatoms. The van der Waals surface area contributed by atoms with Crippen molar-refractivity contribution in [1.29, 1.82) is 0 Å². The van der Waals surface area contributed by atoms with Crippen LogP contribution in [0.2, 0.25) is 0 Å². The first-order valence-electron chi connectivity index (χ1n) is 6.64. The first-order chi connectivity index (χ1) is 8.81. The van der Waals surface area contributed by atoms with Crippen molar-refractivity contribution in [3.05, 3.63) is 65.7 Å². The number of aryl methyl sites for hydroxylation is 1. The van der Waals surface area contributed by atoms with Crippen LogP contribution in [0.25, 0.3) is 17.2 Å². The Morgan fingerprint density at radius 1 is 1.00 bits per heavy atom. The molecule has 0 amide bonds. The van der Waals surface area contributed by atoms with Gasteiger partial charge in [0.25, 0.3) is 0 Å². The molecule has 92 valence electrons. The molecule has 0 spiro atoms. The van der Waals surface area contributed by atoms with E-state index in [4.69, 9.17) is 0 Å². The van der Waals surface area contributed by atoms with Crippen LogP contribution in [0.4, 0.5) is 0 Å². The van der Waals surface area contributed by atoms with Gasteiger partial charge in [0.05, 0.1) is 0 Å². The lowest BCUT2D eigenvalue weighted by Gasteiger charge is -2.07. The smallest absolute Gasteiger partial charge is 0.0149 e. The fourth-order valence-electron chi connectivity index (χ4n) is 2.06. The zero-order valence-corrected chi connectivity index (χ0v) is 11.2. The van der Waals surface area contributed by atoms with Crippen molar-refractivity contribution in [2.75, 3.05) is 0 Å². The van der Waals surface area contributed by atoms with Gasteiger partial charge < -0.3 is 0 Å². The van der Waals surface area contributed by atoms with Crippen LogP contribution < -0.4 is 0 Å². The molecule has 0 aliphatic heterocycles. The zero-order chi connectivity index (χ0) is 12.8. The van der Waals surface area contributed by atoms with E-state index in [0.717, 1.165) is 6.42 Å². The number of hydrogen-bond donors (Lipinski definition) is 0. The van der Waals surface area contributed by atoms with E-state index < -0.39 is 0 Å². The van der Waals surface area contributed by atoms with Crippen molar-refractivity contribution in [2.24, 2.45) is 0 Å². The van der Waals surface area contributed by atoms with Crippen molar-refractivity contribution in [2.45, 2.75) is 26.7 Å². The first kappa shape index (κ1) is 12.6. The molecule has 0 nitrogen and oxygen atoms in total. The molecular formula is C18H20. The summed E-state index contributed by atoms with van der Waals surface area (Å²) in [4.78, 5) is 0. The highest BCUT2D eigenvalue weighted by atomic mass is 14.1. The minimum atomic E-state index is 1.15. The molecule has 0 aliphatic rings. The van der Waals surface area contributed by atoms with Crippen molar-refractivity contribution < 1.29 is 0 Å².